The van der Waals surface area contributed by atoms with Gasteiger partial charge in [-0.15, -0.1) is 0 Å². The van der Waals surface area contributed by atoms with Crippen molar-refractivity contribution >= 4 is 110 Å². The zero-order chi connectivity index (χ0) is 39.6. The molecule has 0 unspecified atom stereocenters. The van der Waals surface area contributed by atoms with Crippen LogP contribution < -0.4 is 46.9 Å². The summed E-state index contributed by atoms with van der Waals surface area (Å²) in [5.74, 6) is 0. The highest BCUT2D eigenvalue weighted by molar-refractivity contribution is 8.01. The van der Waals surface area contributed by atoms with Gasteiger partial charge >= 0.3 is 0 Å². The van der Waals surface area contributed by atoms with Crippen molar-refractivity contribution in [3.63, 3.8) is 0 Å². The van der Waals surface area contributed by atoms with Gasteiger partial charge in [-0.3, -0.25) is 0 Å². The Morgan fingerprint density at radius 2 is 0.850 bits per heavy atom. The lowest BCUT2D eigenvalue weighted by atomic mass is 9.36. The van der Waals surface area contributed by atoms with E-state index in [4.69, 9.17) is 0 Å². The van der Waals surface area contributed by atoms with Crippen LogP contribution in [0.25, 0.3) is 0 Å². The van der Waals surface area contributed by atoms with Gasteiger partial charge in [0.05, 0.1) is 0 Å². The zero-order valence-electron chi connectivity index (χ0n) is 32.7. The van der Waals surface area contributed by atoms with Crippen LogP contribution in [-0.4, -0.2) is 14.8 Å². The van der Waals surface area contributed by atoms with E-state index < -0.39 is 8.07 Å². The Hall–Kier alpha value is -6.44. The SMILES string of the molecule is c1ccc(N(c2ccccc2)c2cc3c4c(c2)Sc2cc(N5c6ccccc6[Si](c6ccccc6)(c6ccccc6)c6ccccc65)ccc2B4c2ccccc2S3)cc1. The number of anilines is 6. The minimum absolute atomic E-state index is 0.144. The molecule has 3 aliphatic rings. The van der Waals surface area contributed by atoms with Gasteiger partial charge in [0, 0.05) is 53.7 Å². The number of rotatable bonds is 6. The Morgan fingerprint density at radius 1 is 0.383 bits per heavy atom. The average Bonchev–Trinajstić information content (AvgIpc) is 3.32. The van der Waals surface area contributed by atoms with Gasteiger partial charge in [-0.25, -0.2) is 0 Å². The van der Waals surface area contributed by atoms with Gasteiger partial charge in [0.1, 0.15) is 0 Å². The van der Waals surface area contributed by atoms with Crippen molar-refractivity contribution in [1.29, 1.82) is 0 Å². The molecule has 0 bridgehead atoms. The molecule has 0 aromatic heterocycles. The first-order valence-electron chi connectivity index (χ1n) is 20.5. The maximum absolute atomic E-state index is 2.71. The third kappa shape index (κ3) is 5.45. The Kier molecular flexibility index (Phi) is 8.51. The van der Waals surface area contributed by atoms with Crippen molar-refractivity contribution in [3.05, 3.63) is 224 Å². The molecule has 282 valence electrons. The third-order valence-electron chi connectivity index (χ3n) is 12.4. The van der Waals surface area contributed by atoms with Gasteiger partial charge in [-0.2, -0.15) is 0 Å². The van der Waals surface area contributed by atoms with Crippen LogP contribution in [0.15, 0.2) is 244 Å². The molecule has 0 amide bonds. The van der Waals surface area contributed by atoms with Gasteiger partial charge in [0.2, 0.25) is 6.71 Å². The molecule has 12 rings (SSSR count). The second kappa shape index (κ2) is 14.4. The molecule has 9 aromatic rings. The molecule has 0 aliphatic carbocycles. The first kappa shape index (κ1) is 35.5. The summed E-state index contributed by atoms with van der Waals surface area (Å²) in [5.41, 5.74) is 11.3. The van der Waals surface area contributed by atoms with Crippen LogP contribution in [-0.2, 0) is 0 Å². The quantitative estimate of drug-likeness (QED) is 0.154. The van der Waals surface area contributed by atoms with Crippen LogP contribution in [0.3, 0.4) is 0 Å². The largest absolute Gasteiger partial charge is 0.311 e. The molecule has 0 atom stereocenters. The predicted octanol–water partition coefficient (Wildman–Crippen LogP) is 9.76. The second-order valence-corrected chi connectivity index (χ2v) is 21.5. The standard InChI is InChI=1S/C54H37BN2S2Si/c1-5-19-38(20-6-1)56(39-21-7-2-8-22-39)41-36-50-54-51(37-41)59-49-35-40(33-34-45(49)55(54)44-27-13-16-30-48(44)58-50)57-46-28-14-17-31-52(46)60(42-23-9-3-10-24-42,43-25-11-4-12-26-43)53-32-18-15-29-47(53)57/h1-37H. The summed E-state index contributed by atoms with van der Waals surface area (Å²) in [6.07, 6.45) is 0. The van der Waals surface area contributed by atoms with Crippen molar-refractivity contribution in [3.8, 4) is 0 Å². The molecule has 0 fully saturated rings. The number of nitrogens with zero attached hydrogens (tertiary/aromatic N) is 2. The van der Waals surface area contributed by atoms with Gasteiger partial charge in [0.25, 0.3) is 0 Å². The highest BCUT2D eigenvalue weighted by Crippen LogP contribution is 2.46. The van der Waals surface area contributed by atoms with Crippen molar-refractivity contribution in [2.75, 3.05) is 9.80 Å². The zero-order valence-corrected chi connectivity index (χ0v) is 35.3. The molecule has 3 heterocycles. The van der Waals surface area contributed by atoms with Crippen molar-refractivity contribution < 1.29 is 0 Å². The fourth-order valence-electron chi connectivity index (χ4n) is 9.98. The summed E-state index contributed by atoms with van der Waals surface area (Å²) in [6, 6.07) is 83.6. The summed E-state index contributed by atoms with van der Waals surface area (Å²) in [4.78, 5) is 10.2. The molecule has 6 heteroatoms. The van der Waals surface area contributed by atoms with Crippen LogP contribution in [0.4, 0.5) is 34.1 Å². The molecular formula is C54H37BN2S2Si. The van der Waals surface area contributed by atoms with E-state index in [1.54, 1.807) is 0 Å². The highest BCUT2D eigenvalue weighted by Gasteiger charge is 2.49. The molecule has 0 saturated heterocycles. The Labute approximate surface area is 361 Å². The molecule has 60 heavy (non-hydrogen) atoms. The van der Waals surface area contributed by atoms with Gasteiger partial charge < -0.3 is 9.80 Å². The van der Waals surface area contributed by atoms with Gasteiger partial charge in [-0.05, 0) is 92.9 Å². The fourth-order valence-corrected chi connectivity index (χ4v) is 17.6. The summed E-state index contributed by atoms with van der Waals surface area (Å²) in [5, 5.41) is 5.61. The molecule has 9 aromatic carbocycles. The van der Waals surface area contributed by atoms with E-state index in [0.29, 0.717) is 0 Å². The lowest BCUT2D eigenvalue weighted by molar-refractivity contribution is 1.23. The minimum Gasteiger partial charge on any atom is -0.311 e. The number of hydrogen-bond acceptors (Lipinski definition) is 4. The monoisotopic (exact) mass is 816 g/mol. The van der Waals surface area contributed by atoms with Crippen molar-refractivity contribution in [2.45, 2.75) is 19.6 Å². The molecule has 0 radical (unpaired) electrons. The second-order valence-electron chi connectivity index (χ2n) is 15.6. The summed E-state index contributed by atoms with van der Waals surface area (Å²) in [7, 11) is -2.71. The first-order chi connectivity index (χ1) is 29.8. The number of benzene rings is 9. The highest BCUT2D eigenvalue weighted by atomic mass is 32.2. The van der Waals surface area contributed by atoms with E-state index in [0.717, 1.165) is 11.4 Å². The minimum atomic E-state index is -2.71. The van der Waals surface area contributed by atoms with Crippen LogP contribution in [0.1, 0.15) is 0 Å². The van der Waals surface area contributed by atoms with Gasteiger partial charge in [0.15, 0.2) is 8.07 Å². The van der Waals surface area contributed by atoms with E-state index in [9.17, 15) is 0 Å². The molecule has 2 nitrogen and oxygen atoms in total. The molecule has 0 saturated carbocycles. The predicted molar refractivity (Wildman–Crippen MR) is 259 cm³/mol. The van der Waals surface area contributed by atoms with E-state index in [1.165, 1.54) is 79.5 Å². The first-order valence-corrected chi connectivity index (χ1v) is 24.2. The van der Waals surface area contributed by atoms with E-state index in [1.807, 2.05) is 23.5 Å². The molecule has 0 spiro atoms. The van der Waals surface area contributed by atoms with E-state index in [2.05, 4.69) is 234 Å². The summed E-state index contributed by atoms with van der Waals surface area (Å²) >= 11 is 3.83. The van der Waals surface area contributed by atoms with Crippen molar-refractivity contribution in [1.82, 2.24) is 0 Å². The topological polar surface area (TPSA) is 6.48 Å². The Balaban J connectivity index is 1.05. The summed E-state index contributed by atoms with van der Waals surface area (Å²) < 4.78 is 0. The average molecular weight is 817 g/mol. The van der Waals surface area contributed by atoms with Crippen LogP contribution in [0.5, 0.6) is 0 Å². The van der Waals surface area contributed by atoms with Crippen molar-refractivity contribution in [2.24, 2.45) is 0 Å². The Bertz CT molecular complexity index is 2940. The van der Waals surface area contributed by atoms with Gasteiger partial charge in [-0.1, -0.05) is 192 Å². The molecular weight excluding hydrogens is 780 g/mol. The number of hydrogen-bond donors (Lipinski definition) is 0. The fraction of sp³-hybridized carbons (Fsp3) is 0. The normalized spacial score (nSPS) is 13.9. The Morgan fingerprint density at radius 3 is 1.43 bits per heavy atom. The maximum atomic E-state index is 2.54. The number of fused-ring (bicyclic) bond motifs is 6. The lowest BCUT2D eigenvalue weighted by Crippen LogP contribution is -2.77. The van der Waals surface area contributed by atoms with E-state index >= 15 is 0 Å². The lowest BCUT2D eigenvalue weighted by Gasteiger charge is -2.45. The summed E-state index contributed by atoms with van der Waals surface area (Å²) in [6.45, 7) is 0.144. The van der Waals surface area contributed by atoms with Crippen LogP contribution in [0.2, 0.25) is 0 Å². The maximum Gasteiger partial charge on any atom is 0.247 e. The molecule has 0 N–H and O–H groups in total. The van der Waals surface area contributed by atoms with E-state index in [-0.39, 0.29) is 6.71 Å². The number of para-hydroxylation sites is 4. The van der Waals surface area contributed by atoms with Crippen LogP contribution >= 0.6 is 23.5 Å². The third-order valence-corrected chi connectivity index (χ3v) is 19.6. The molecule has 3 aliphatic heterocycles. The van der Waals surface area contributed by atoms with Crippen LogP contribution in [0, 0.1) is 0 Å². The smallest absolute Gasteiger partial charge is 0.247 e.